The van der Waals surface area contributed by atoms with E-state index in [9.17, 15) is 0 Å². The quantitative estimate of drug-likeness (QED) is 0.568. The van der Waals surface area contributed by atoms with E-state index in [-0.39, 0.29) is 0 Å². The molecule has 0 unspecified atom stereocenters. The first-order valence-electron chi connectivity index (χ1n) is 4.68. The summed E-state index contributed by atoms with van der Waals surface area (Å²) in [6.45, 7) is 2.05. The Labute approximate surface area is 81.6 Å². The molecule has 0 saturated carbocycles. The molecule has 2 nitrogen and oxygen atoms in total. The first kappa shape index (κ1) is 7.56. The number of nitrogens with one attached hydrogen (secondary N) is 1. The number of aryl methyl sites for hydroxylation is 1. The van der Waals surface area contributed by atoms with Gasteiger partial charge < -0.3 is 4.98 Å². The van der Waals surface area contributed by atoms with E-state index in [2.05, 4.69) is 35.1 Å². The Morgan fingerprint density at radius 2 is 2.00 bits per heavy atom. The van der Waals surface area contributed by atoms with Gasteiger partial charge in [-0.25, -0.2) is 0 Å². The van der Waals surface area contributed by atoms with Crippen molar-refractivity contribution in [2.75, 3.05) is 0 Å². The van der Waals surface area contributed by atoms with Gasteiger partial charge in [0.2, 0.25) is 0 Å². The zero-order valence-electron chi connectivity index (χ0n) is 7.91. The maximum absolute atomic E-state index is 4.44. The smallest absolute Gasteiger partial charge is 0.0957 e. The molecule has 1 N–H and O–H groups in total. The lowest BCUT2D eigenvalue weighted by Crippen LogP contribution is -1.76. The van der Waals surface area contributed by atoms with Gasteiger partial charge in [-0.3, -0.25) is 4.98 Å². The lowest BCUT2D eigenvalue weighted by molar-refractivity contribution is 1.33. The van der Waals surface area contributed by atoms with Crippen LogP contribution in [-0.4, -0.2) is 9.97 Å². The Morgan fingerprint density at radius 1 is 1.14 bits per heavy atom. The summed E-state index contributed by atoms with van der Waals surface area (Å²) < 4.78 is 0. The van der Waals surface area contributed by atoms with Crippen LogP contribution in [-0.2, 0) is 0 Å². The normalized spacial score (nSPS) is 11.2. The fraction of sp³-hybridized carbons (Fsp3) is 0.0833. The number of pyridine rings is 1. The molecule has 0 amide bonds. The van der Waals surface area contributed by atoms with Crippen molar-refractivity contribution in [2.24, 2.45) is 0 Å². The molecule has 2 heteroatoms. The standard InChI is InChI=1S/C12H10N2/c1-8-6-11-12(13-7-8)9-4-2-3-5-10(9)14-11/h2-7,14H,1H3. The van der Waals surface area contributed by atoms with Crippen molar-refractivity contribution in [3.8, 4) is 0 Å². The first-order valence-corrected chi connectivity index (χ1v) is 4.68. The van der Waals surface area contributed by atoms with Crippen LogP contribution in [0.3, 0.4) is 0 Å². The van der Waals surface area contributed by atoms with E-state index in [0.717, 1.165) is 16.6 Å². The molecule has 0 atom stereocenters. The number of aromatic amines is 1. The largest absolute Gasteiger partial charge is 0.353 e. The number of rotatable bonds is 0. The Bertz CT molecular complexity index is 608. The molecule has 0 aliphatic carbocycles. The van der Waals surface area contributed by atoms with E-state index in [1.807, 2.05) is 18.3 Å². The van der Waals surface area contributed by atoms with Gasteiger partial charge >= 0.3 is 0 Å². The van der Waals surface area contributed by atoms with Crippen molar-refractivity contribution in [2.45, 2.75) is 6.92 Å². The van der Waals surface area contributed by atoms with Gasteiger partial charge in [0, 0.05) is 17.1 Å². The lowest BCUT2D eigenvalue weighted by Gasteiger charge is -1.91. The molecule has 2 heterocycles. The van der Waals surface area contributed by atoms with Crippen LogP contribution in [0.1, 0.15) is 5.56 Å². The van der Waals surface area contributed by atoms with Crippen LogP contribution < -0.4 is 0 Å². The molecule has 0 bridgehead atoms. The van der Waals surface area contributed by atoms with Crippen molar-refractivity contribution in [1.82, 2.24) is 9.97 Å². The summed E-state index contributed by atoms with van der Waals surface area (Å²) in [5, 5.41) is 1.20. The molecule has 0 aliphatic rings. The molecule has 0 fully saturated rings. The zero-order valence-corrected chi connectivity index (χ0v) is 7.91. The molecule has 0 aliphatic heterocycles. The Balaban J connectivity index is 2.57. The van der Waals surface area contributed by atoms with Crippen LogP contribution in [0.2, 0.25) is 0 Å². The minimum atomic E-state index is 1.06. The van der Waals surface area contributed by atoms with Crippen LogP contribution in [0.25, 0.3) is 21.9 Å². The number of benzene rings is 1. The zero-order chi connectivity index (χ0) is 9.54. The molecule has 2 aromatic heterocycles. The van der Waals surface area contributed by atoms with Crippen LogP contribution in [0.5, 0.6) is 0 Å². The van der Waals surface area contributed by atoms with Gasteiger partial charge in [0.1, 0.15) is 0 Å². The second kappa shape index (κ2) is 2.58. The number of nitrogens with zero attached hydrogens (tertiary/aromatic N) is 1. The minimum absolute atomic E-state index is 1.06. The molecule has 1 aromatic carbocycles. The summed E-state index contributed by atoms with van der Waals surface area (Å²) in [5.74, 6) is 0. The number of fused-ring (bicyclic) bond motifs is 3. The van der Waals surface area contributed by atoms with Crippen molar-refractivity contribution in [1.29, 1.82) is 0 Å². The summed E-state index contributed by atoms with van der Waals surface area (Å²) in [6.07, 6.45) is 1.91. The van der Waals surface area contributed by atoms with Crippen molar-refractivity contribution < 1.29 is 0 Å². The van der Waals surface area contributed by atoms with Gasteiger partial charge in [0.25, 0.3) is 0 Å². The van der Waals surface area contributed by atoms with Crippen LogP contribution in [0.15, 0.2) is 36.5 Å². The van der Waals surface area contributed by atoms with E-state index >= 15 is 0 Å². The number of hydrogen-bond acceptors (Lipinski definition) is 1. The molecule has 3 aromatic rings. The molecule has 68 valence electrons. The van der Waals surface area contributed by atoms with Gasteiger partial charge in [-0.1, -0.05) is 18.2 Å². The summed E-state index contributed by atoms with van der Waals surface area (Å²) in [4.78, 5) is 7.79. The Morgan fingerprint density at radius 3 is 2.93 bits per heavy atom. The second-order valence-corrected chi connectivity index (χ2v) is 3.58. The molecule has 14 heavy (non-hydrogen) atoms. The van der Waals surface area contributed by atoms with Gasteiger partial charge in [0.05, 0.1) is 11.0 Å². The van der Waals surface area contributed by atoms with Crippen LogP contribution in [0, 0.1) is 6.92 Å². The average Bonchev–Trinajstić information content (AvgIpc) is 2.54. The van der Waals surface area contributed by atoms with Crippen molar-refractivity contribution in [3.63, 3.8) is 0 Å². The van der Waals surface area contributed by atoms with Gasteiger partial charge in [-0.05, 0) is 24.6 Å². The highest BCUT2D eigenvalue weighted by Crippen LogP contribution is 2.23. The summed E-state index contributed by atoms with van der Waals surface area (Å²) in [7, 11) is 0. The third kappa shape index (κ3) is 0.940. The third-order valence-corrected chi connectivity index (χ3v) is 2.48. The highest BCUT2D eigenvalue weighted by atomic mass is 14.8. The van der Waals surface area contributed by atoms with E-state index in [1.165, 1.54) is 10.9 Å². The SMILES string of the molecule is Cc1cnc2c(c1)[nH]c1ccccc12. The summed E-state index contributed by atoms with van der Waals surface area (Å²) in [5.41, 5.74) is 4.52. The molecular weight excluding hydrogens is 172 g/mol. The molecule has 3 rings (SSSR count). The van der Waals surface area contributed by atoms with E-state index in [0.29, 0.717) is 0 Å². The van der Waals surface area contributed by atoms with E-state index < -0.39 is 0 Å². The van der Waals surface area contributed by atoms with Crippen LogP contribution in [0.4, 0.5) is 0 Å². The molecular formula is C12H10N2. The number of H-pyrrole nitrogens is 1. The molecule has 0 spiro atoms. The Kier molecular flexibility index (Phi) is 1.39. The number of para-hydroxylation sites is 1. The fourth-order valence-electron chi connectivity index (χ4n) is 1.82. The maximum atomic E-state index is 4.44. The van der Waals surface area contributed by atoms with Crippen molar-refractivity contribution >= 4 is 21.9 Å². The Hall–Kier alpha value is -1.83. The van der Waals surface area contributed by atoms with Gasteiger partial charge in [-0.15, -0.1) is 0 Å². The topological polar surface area (TPSA) is 28.7 Å². The van der Waals surface area contributed by atoms with E-state index in [4.69, 9.17) is 0 Å². The minimum Gasteiger partial charge on any atom is -0.353 e. The van der Waals surface area contributed by atoms with Gasteiger partial charge in [-0.2, -0.15) is 0 Å². The maximum Gasteiger partial charge on any atom is 0.0957 e. The number of aromatic nitrogens is 2. The second-order valence-electron chi connectivity index (χ2n) is 3.58. The monoisotopic (exact) mass is 182 g/mol. The number of hydrogen-bond donors (Lipinski definition) is 1. The molecule has 0 radical (unpaired) electrons. The summed E-state index contributed by atoms with van der Waals surface area (Å²) in [6, 6.07) is 10.4. The third-order valence-electron chi connectivity index (χ3n) is 2.48. The first-order chi connectivity index (χ1) is 6.84. The molecule has 0 saturated heterocycles. The lowest BCUT2D eigenvalue weighted by atomic mass is 10.2. The van der Waals surface area contributed by atoms with Crippen LogP contribution >= 0.6 is 0 Å². The predicted octanol–water partition coefficient (Wildman–Crippen LogP) is 3.02. The highest BCUT2D eigenvalue weighted by Gasteiger charge is 2.03. The highest BCUT2D eigenvalue weighted by molar-refractivity contribution is 6.04. The fourth-order valence-corrected chi connectivity index (χ4v) is 1.82. The summed E-state index contributed by atoms with van der Waals surface area (Å²) >= 11 is 0. The van der Waals surface area contributed by atoms with Gasteiger partial charge in [0.15, 0.2) is 0 Å². The predicted molar refractivity (Wildman–Crippen MR) is 58.3 cm³/mol. The van der Waals surface area contributed by atoms with Crippen molar-refractivity contribution in [3.05, 3.63) is 42.1 Å². The average molecular weight is 182 g/mol. The van der Waals surface area contributed by atoms with E-state index in [1.54, 1.807) is 0 Å².